The van der Waals surface area contributed by atoms with Gasteiger partial charge >= 0.3 is 5.97 Å². The van der Waals surface area contributed by atoms with Gasteiger partial charge in [0.2, 0.25) is 6.61 Å². The first-order chi connectivity index (χ1) is 6.74. The first-order valence-electron chi connectivity index (χ1n) is 4.79. The van der Waals surface area contributed by atoms with Crippen LogP contribution in [0.15, 0.2) is 0 Å². The molecule has 1 aliphatic rings. The van der Waals surface area contributed by atoms with E-state index >= 15 is 0 Å². The van der Waals surface area contributed by atoms with Crippen molar-refractivity contribution in [1.82, 2.24) is 0 Å². The molecule has 0 saturated carbocycles. The highest BCUT2D eigenvalue weighted by molar-refractivity contribution is 7.99. The van der Waals surface area contributed by atoms with Gasteiger partial charge in [-0.3, -0.25) is 9.59 Å². The zero-order valence-electron chi connectivity index (χ0n) is 8.16. The van der Waals surface area contributed by atoms with Gasteiger partial charge in [-0.2, -0.15) is 11.8 Å². The number of esters is 1. The number of ether oxygens (including phenoxy) is 1. The SMILES string of the molecule is [CH2+]COC(=O)CC(=O)C1CCSCC1. The van der Waals surface area contributed by atoms with Crippen molar-refractivity contribution in [1.29, 1.82) is 0 Å². The fourth-order valence-electron chi connectivity index (χ4n) is 1.47. The average Bonchev–Trinajstić information content (AvgIpc) is 2.19. The summed E-state index contributed by atoms with van der Waals surface area (Å²) in [4.78, 5) is 22.6. The minimum atomic E-state index is -0.441. The molecule has 14 heavy (non-hydrogen) atoms. The lowest BCUT2D eigenvalue weighted by atomic mass is 9.96. The van der Waals surface area contributed by atoms with E-state index in [1.807, 2.05) is 11.8 Å². The number of thioether (sulfide) groups is 1. The molecule has 0 radical (unpaired) electrons. The van der Waals surface area contributed by atoms with E-state index in [9.17, 15) is 9.59 Å². The van der Waals surface area contributed by atoms with Gasteiger partial charge in [0.15, 0.2) is 0 Å². The molecule has 1 aliphatic heterocycles. The van der Waals surface area contributed by atoms with E-state index in [0.717, 1.165) is 24.3 Å². The maximum Gasteiger partial charge on any atom is 0.316 e. The Labute approximate surface area is 88.6 Å². The van der Waals surface area contributed by atoms with Gasteiger partial charge < -0.3 is 4.74 Å². The van der Waals surface area contributed by atoms with Gasteiger partial charge in [0.1, 0.15) is 19.1 Å². The molecule has 0 aromatic carbocycles. The Morgan fingerprint density at radius 3 is 2.57 bits per heavy atom. The molecule has 4 heteroatoms. The highest BCUT2D eigenvalue weighted by Crippen LogP contribution is 2.24. The standard InChI is InChI=1S/C10H15O3S/c1-2-13-10(12)7-9(11)8-3-5-14-6-4-8/h8H,1-7H2/q+1. The van der Waals surface area contributed by atoms with E-state index in [2.05, 4.69) is 11.7 Å². The Morgan fingerprint density at radius 1 is 1.36 bits per heavy atom. The summed E-state index contributed by atoms with van der Waals surface area (Å²) >= 11 is 1.87. The van der Waals surface area contributed by atoms with Crippen LogP contribution in [0.5, 0.6) is 0 Å². The van der Waals surface area contributed by atoms with Gasteiger partial charge in [-0.25, -0.2) is 0 Å². The van der Waals surface area contributed by atoms with Crippen molar-refractivity contribution < 1.29 is 14.3 Å². The summed E-state index contributed by atoms with van der Waals surface area (Å²) in [5, 5.41) is 0. The number of carbonyl (C=O) groups excluding carboxylic acids is 2. The summed E-state index contributed by atoms with van der Waals surface area (Å²) in [6, 6.07) is 0. The number of hydrogen-bond acceptors (Lipinski definition) is 4. The van der Waals surface area contributed by atoms with E-state index in [4.69, 9.17) is 0 Å². The molecule has 0 N–H and O–H groups in total. The molecule has 0 aromatic heterocycles. The van der Waals surface area contributed by atoms with Gasteiger partial charge in [-0.1, -0.05) is 0 Å². The Kier molecular flexibility index (Phi) is 4.87. The van der Waals surface area contributed by atoms with E-state index in [-0.39, 0.29) is 24.7 Å². The number of hydrogen-bond donors (Lipinski definition) is 0. The van der Waals surface area contributed by atoms with Gasteiger partial charge in [-0.05, 0) is 24.3 Å². The lowest BCUT2D eigenvalue weighted by molar-refractivity contribution is -0.145. The molecule has 0 aromatic rings. The zero-order valence-corrected chi connectivity index (χ0v) is 8.98. The molecule has 0 aliphatic carbocycles. The van der Waals surface area contributed by atoms with E-state index in [1.54, 1.807) is 0 Å². The third-order valence-corrected chi connectivity index (χ3v) is 3.31. The highest BCUT2D eigenvalue weighted by Gasteiger charge is 2.23. The van der Waals surface area contributed by atoms with Crippen LogP contribution in [-0.2, 0) is 14.3 Å². The smallest absolute Gasteiger partial charge is 0.316 e. The summed E-state index contributed by atoms with van der Waals surface area (Å²) in [5.74, 6) is 1.72. The normalized spacial score (nSPS) is 17.7. The van der Waals surface area contributed by atoms with Gasteiger partial charge in [0.25, 0.3) is 0 Å². The molecule has 78 valence electrons. The summed E-state index contributed by atoms with van der Waals surface area (Å²) in [6.07, 6.45) is 1.73. The van der Waals surface area contributed by atoms with Crippen LogP contribution in [0.3, 0.4) is 0 Å². The Bertz CT molecular complexity index is 209. The molecule has 0 unspecified atom stereocenters. The first kappa shape index (κ1) is 11.4. The molecular formula is C10H15O3S+. The quantitative estimate of drug-likeness (QED) is 0.404. The zero-order chi connectivity index (χ0) is 10.4. The van der Waals surface area contributed by atoms with Crippen molar-refractivity contribution in [3.8, 4) is 0 Å². The van der Waals surface area contributed by atoms with Crippen LogP contribution in [0, 0.1) is 12.8 Å². The lowest BCUT2D eigenvalue weighted by Gasteiger charge is -2.19. The second-order valence-corrected chi connectivity index (χ2v) is 4.47. The molecule has 0 amide bonds. The molecule has 1 heterocycles. The van der Waals surface area contributed by atoms with Crippen molar-refractivity contribution in [2.75, 3.05) is 18.1 Å². The summed E-state index contributed by atoms with van der Waals surface area (Å²) < 4.78 is 4.63. The number of ketones is 1. The molecule has 3 nitrogen and oxygen atoms in total. The Hall–Kier alpha value is -0.640. The maximum atomic E-state index is 11.6. The predicted molar refractivity (Wildman–Crippen MR) is 56.0 cm³/mol. The molecule has 1 saturated heterocycles. The third kappa shape index (κ3) is 3.62. The van der Waals surface area contributed by atoms with E-state index in [1.165, 1.54) is 0 Å². The van der Waals surface area contributed by atoms with Crippen molar-refractivity contribution in [2.45, 2.75) is 19.3 Å². The molecule has 1 fully saturated rings. The molecule has 0 spiro atoms. The average molecular weight is 215 g/mol. The summed E-state index contributed by atoms with van der Waals surface area (Å²) in [5.41, 5.74) is 0. The minimum Gasteiger partial charge on any atom is -0.423 e. The van der Waals surface area contributed by atoms with Crippen LogP contribution in [0.4, 0.5) is 0 Å². The first-order valence-corrected chi connectivity index (χ1v) is 5.95. The molecular weight excluding hydrogens is 200 g/mol. The van der Waals surface area contributed by atoms with Gasteiger partial charge in [0.05, 0.1) is 0 Å². The fourth-order valence-corrected chi connectivity index (χ4v) is 2.58. The van der Waals surface area contributed by atoms with E-state index in [0.29, 0.717) is 0 Å². The third-order valence-electron chi connectivity index (χ3n) is 2.26. The topological polar surface area (TPSA) is 43.4 Å². The van der Waals surface area contributed by atoms with Crippen LogP contribution in [-0.4, -0.2) is 29.9 Å². The second-order valence-electron chi connectivity index (χ2n) is 3.25. The van der Waals surface area contributed by atoms with Crippen LogP contribution >= 0.6 is 11.8 Å². The lowest BCUT2D eigenvalue weighted by Crippen LogP contribution is -2.23. The van der Waals surface area contributed by atoms with Gasteiger partial charge in [0, 0.05) is 5.92 Å². The van der Waals surface area contributed by atoms with Crippen molar-refractivity contribution in [3.05, 3.63) is 6.92 Å². The predicted octanol–water partition coefficient (Wildman–Crippen LogP) is 1.47. The summed E-state index contributed by atoms with van der Waals surface area (Å²) in [7, 11) is 0. The highest BCUT2D eigenvalue weighted by atomic mass is 32.2. The molecule has 1 rings (SSSR count). The van der Waals surface area contributed by atoms with Crippen LogP contribution in [0.2, 0.25) is 0 Å². The molecule has 0 bridgehead atoms. The Balaban J connectivity index is 2.29. The molecule has 0 atom stereocenters. The summed E-state index contributed by atoms with van der Waals surface area (Å²) in [6.45, 7) is 3.49. The monoisotopic (exact) mass is 215 g/mol. The van der Waals surface area contributed by atoms with Crippen LogP contribution in [0.25, 0.3) is 0 Å². The number of Topliss-reactive ketones (excluding diaryl/α,β-unsaturated/α-hetero) is 1. The Morgan fingerprint density at radius 2 is 2.00 bits per heavy atom. The van der Waals surface area contributed by atoms with Crippen LogP contribution < -0.4 is 0 Å². The van der Waals surface area contributed by atoms with Gasteiger partial charge in [-0.15, -0.1) is 0 Å². The second kappa shape index (κ2) is 5.96. The number of carbonyl (C=O) groups is 2. The maximum absolute atomic E-state index is 11.6. The van der Waals surface area contributed by atoms with Crippen molar-refractivity contribution in [3.63, 3.8) is 0 Å². The van der Waals surface area contributed by atoms with Crippen molar-refractivity contribution in [2.24, 2.45) is 5.92 Å². The number of rotatable bonds is 4. The largest absolute Gasteiger partial charge is 0.423 e. The minimum absolute atomic E-state index is 0.0313. The van der Waals surface area contributed by atoms with E-state index < -0.39 is 5.97 Å². The van der Waals surface area contributed by atoms with Crippen molar-refractivity contribution >= 4 is 23.5 Å². The van der Waals surface area contributed by atoms with Crippen LogP contribution in [0.1, 0.15) is 19.3 Å². The fraction of sp³-hybridized carbons (Fsp3) is 0.700.